The van der Waals surface area contributed by atoms with Crippen LogP contribution in [0.5, 0.6) is 0 Å². The first-order valence-corrected chi connectivity index (χ1v) is 6.20. The topological polar surface area (TPSA) is 60.7 Å². The Morgan fingerprint density at radius 1 is 1.47 bits per heavy atom. The van der Waals surface area contributed by atoms with Crippen LogP contribution in [-0.2, 0) is 11.3 Å². The second kappa shape index (κ2) is 4.53. The van der Waals surface area contributed by atoms with Gasteiger partial charge in [0.1, 0.15) is 12.4 Å². The van der Waals surface area contributed by atoms with Crippen LogP contribution in [0.15, 0.2) is 18.2 Å². The monoisotopic (exact) mass is 260 g/mol. The van der Waals surface area contributed by atoms with Crippen LogP contribution in [0.1, 0.15) is 18.4 Å². The predicted octanol–water partition coefficient (Wildman–Crippen LogP) is 1.77. The molecule has 0 unspecified atom stereocenters. The van der Waals surface area contributed by atoms with Crippen molar-refractivity contribution in [3.8, 4) is 11.4 Å². The summed E-state index contributed by atoms with van der Waals surface area (Å²) < 4.78 is 13.2. The minimum Gasteiger partial charge on any atom is -0.297 e. The van der Waals surface area contributed by atoms with Gasteiger partial charge in [0.25, 0.3) is 0 Å². The van der Waals surface area contributed by atoms with Gasteiger partial charge in [0, 0.05) is 11.5 Å². The molecule has 1 aliphatic carbocycles. The summed E-state index contributed by atoms with van der Waals surface area (Å²) in [5.74, 6) is 0.480. The molecule has 0 bridgehead atoms. The van der Waals surface area contributed by atoms with Gasteiger partial charge in [0.05, 0.1) is 0 Å². The average Bonchev–Trinajstić information content (AvgIpc) is 3.14. The van der Waals surface area contributed by atoms with Crippen LogP contribution in [0.2, 0.25) is 0 Å². The Balaban J connectivity index is 1.79. The number of halogens is 1. The maximum atomic E-state index is 13.2. The first-order valence-electron chi connectivity index (χ1n) is 6.20. The number of tetrazole rings is 1. The maximum absolute atomic E-state index is 13.2. The Bertz CT molecular complexity index is 633. The summed E-state index contributed by atoms with van der Waals surface area (Å²) in [6.45, 7) is 1.84. The van der Waals surface area contributed by atoms with Crippen molar-refractivity contribution in [1.82, 2.24) is 20.2 Å². The third kappa shape index (κ3) is 2.52. The van der Waals surface area contributed by atoms with Crippen molar-refractivity contribution >= 4 is 5.78 Å². The van der Waals surface area contributed by atoms with E-state index < -0.39 is 0 Å². The number of benzene rings is 1. The maximum Gasteiger partial charge on any atom is 0.204 e. The molecule has 2 aromatic rings. The summed E-state index contributed by atoms with van der Waals surface area (Å²) in [5.41, 5.74) is 1.23. The van der Waals surface area contributed by atoms with E-state index in [2.05, 4.69) is 15.4 Å². The highest BCUT2D eigenvalue weighted by molar-refractivity contribution is 5.82. The summed E-state index contributed by atoms with van der Waals surface area (Å²) in [6.07, 6.45) is 1.94. The van der Waals surface area contributed by atoms with Crippen molar-refractivity contribution in [2.24, 2.45) is 5.92 Å². The van der Waals surface area contributed by atoms with Crippen LogP contribution in [-0.4, -0.2) is 26.0 Å². The normalized spacial score (nSPS) is 14.6. The lowest BCUT2D eigenvalue weighted by Gasteiger charge is -1.98. The largest absolute Gasteiger partial charge is 0.297 e. The lowest BCUT2D eigenvalue weighted by molar-refractivity contribution is -0.121. The van der Waals surface area contributed by atoms with E-state index in [9.17, 15) is 9.18 Å². The minimum absolute atomic E-state index is 0.152. The standard InChI is InChI=1S/C13H13FN4O/c1-8-6-10(4-5-11(8)14)13-15-17-18(16-13)7-12(19)9-2-3-9/h4-6,9H,2-3,7H2,1H3. The Hall–Kier alpha value is -2.11. The number of nitrogens with zero attached hydrogens (tertiary/aromatic N) is 4. The lowest BCUT2D eigenvalue weighted by Crippen LogP contribution is -2.14. The molecule has 1 fully saturated rings. The molecular formula is C13H13FN4O. The van der Waals surface area contributed by atoms with Crippen LogP contribution in [0.25, 0.3) is 11.4 Å². The predicted molar refractivity (Wildman–Crippen MR) is 65.7 cm³/mol. The first-order chi connectivity index (χ1) is 9.13. The molecule has 98 valence electrons. The van der Waals surface area contributed by atoms with Crippen molar-refractivity contribution in [3.05, 3.63) is 29.6 Å². The Labute approximate surface area is 109 Å². The molecule has 5 nitrogen and oxygen atoms in total. The average molecular weight is 260 g/mol. The SMILES string of the molecule is Cc1cc(-c2nnn(CC(=O)C3CC3)n2)ccc1F. The number of ketones is 1. The smallest absolute Gasteiger partial charge is 0.204 e. The van der Waals surface area contributed by atoms with Crippen molar-refractivity contribution in [3.63, 3.8) is 0 Å². The van der Waals surface area contributed by atoms with Gasteiger partial charge in [-0.3, -0.25) is 4.79 Å². The highest BCUT2D eigenvalue weighted by Crippen LogP contribution is 2.30. The summed E-state index contributed by atoms with van der Waals surface area (Å²) in [7, 11) is 0. The van der Waals surface area contributed by atoms with Gasteiger partial charge in [0.15, 0.2) is 5.78 Å². The summed E-state index contributed by atoms with van der Waals surface area (Å²) >= 11 is 0. The molecule has 19 heavy (non-hydrogen) atoms. The molecule has 1 heterocycles. The highest BCUT2D eigenvalue weighted by Gasteiger charge is 2.29. The molecule has 0 atom stereocenters. The van der Waals surface area contributed by atoms with Gasteiger partial charge in [-0.05, 0) is 48.7 Å². The van der Waals surface area contributed by atoms with Gasteiger partial charge in [-0.25, -0.2) is 4.39 Å². The van der Waals surface area contributed by atoms with Gasteiger partial charge in [-0.15, -0.1) is 10.2 Å². The fourth-order valence-electron chi connectivity index (χ4n) is 1.88. The zero-order valence-electron chi connectivity index (χ0n) is 10.5. The molecular weight excluding hydrogens is 247 g/mol. The Morgan fingerprint density at radius 3 is 2.95 bits per heavy atom. The van der Waals surface area contributed by atoms with Crippen LogP contribution < -0.4 is 0 Å². The molecule has 0 radical (unpaired) electrons. The molecule has 0 aliphatic heterocycles. The number of aromatic nitrogens is 4. The van der Waals surface area contributed by atoms with Crippen molar-refractivity contribution < 1.29 is 9.18 Å². The highest BCUT2D eigenvalue weighted by atomic mass is 19.1. The number of hydrogen-bond acceptors (Lipinski definition) is 4. The van der Waals surface area contributed by atoms with Gasteiger partial charge in [-0.2, -0.15) is 4.80 Å². The van der Waals surface area contributed by atoms with Gasteiger partial charge in [-0.1, -0.05) is 0 Å². The van der Waals surface area contributed by atoms with Crippen molar-refractivity contribution in [2.45, 2.75) is 26.3 Å². The number of hydrogen-bond donors (Lipinski definition) is 0. The number of rotatable bonds is 4. The molecule has 0 N–H and O–H groups in total. The minimum atomic E-state index is -0.264. The molecule has 0 amide bonds. The number of Topliss-reactive ketones (excluding diaryl/α,β-unsaturated/α-hetero) is 1. The summed E-state index contributed by atoms with van der Waals surface area (Å²) in [4.78, 5) is 12.9. The van der Waals surface area contributed by atoms with E-state index in [-0.39, 0.29) is 24.1 Å². The zero-order valence-corrected chi connectivity index (χ0v) is 10.5. The zero-order chi connectivity index (χ0) is 13.4. The van der Waals surface area contributed by atoms with Gasteiger partial charge >= 0.3 is 0 Å². The van der Waals surface area contributed by atoms with E-state index in [1.807, 2.05) is 0 Å². The Morgan fingerprint density at radius 2 is 2.26 bits per heavy atom. The van der Waals surface area contributed by atoms with Gasteiger partial charge in [0.2, 0.25) is 5.82 Å². The van der Waals surface area contributed by atoms with E-state index in [1.165, 1.54) is 10.9 Å². The number of carbonyl (C=O) groups is 1. The fourth-order valence-corrected chi connectivity index (χ4v) is 1.88. The molecule has 1 aromatic carbocycles. The van der Waals surface area contributed by atoms with Crippen molar-refractivity contribution in [1.29, 1.82) is 0 Å². The van der Waals surface area contributed by atoms with Crippen LogP contribution >= 0.6 is 0 Å². The van der Waals surface area contributed by atoms with E-state index in [4.69, 9.17) is 0 Å². The molecule has 3 rings (SSSR count). The second-order valence-electron chi connectivity index (χ2n) is 4.85. The quantitative estimate of drug-likeness (QED) is 0.840. The van der Waals surface area contributed by atoms with E-state index in [1.54, 1.807) is 19.1 Å². The fraction of sp³-hybridized carbons (Fsp3) is 0.385. The van der Waals surface area contributed by atoms with Crippen LogP contribution in [0.4, 0.5) is 4.39 Å². The van der Waals surface area contributed by atoms with E-state index >= 15 is 0 Å². The lowest BCUT2D eigenvalue weighted by atomic mass is 10.1. The molecule has 1 saturated carbocycles. The molecule has 0 saturated heterocycles. The van der Waals surface area contributed by atoms with Crippen LogP contribution in [0.3, 0.4) is 0 Å². The molecule has 0 spiro atoms. The molecule has 1 aliphatic rings. The van der Waals surface area contributed by atoms with E-state index in [0.717, 1.165) is 12.8 Å². The van der Waals surface area contributed by atoms with E-state index in [0.29, 0.717) is 17.0 Å². The number of carbonyl (C=O) groups excluding carboxylic acids is 1. The number of aryl methyl sites for hydroxylation is 1. The molecule has 1 aromatic heterocycles. The molecule has 6 heteroatoms. The summed E-state index contributed by atoms with van der Waals surface area (Å²) in [5, 5.41) is 11.9. The second-order valence-corrected chi connectivity index (χ2v) is 4.85. The van der Waals surface area contributed by atoms with Crippen LogP contribution in [0, 0.1) is 18.7 Å². The van der Waals surface area contributed by atoms with Gasteiger partial charge < -0.3 is 0 Å². The summed E-state index contributed by atoms with van der Waals surface area (Å²) in [6, 6.07) is 4.65. The third-order valence-electron chi connectivity index (χ3n) is 3.20. The third-order valence-corrected chi connectivity index (χ3v) is 3.20. The first kappa shape index (κ1) is 12.0. The Kier molecular flexibility index (Phi) is 2.85. The van der Waals surface area contributed by atoms with Crippen molar-refractivity contribution in [2.75, 3.05) is 0 Å².